The van der Waals surface area contributed by atoms with Crippen LogP contribution in [0.3, 0.4) is 0 Å². The molecule has 0 aromatic carbocycles. The van der Waals surface area contributed by atoms with Gasteiger partial charge in [-0.1, -0.05) is 64.7 Å². The van der Waals surface area contributed by atoms with Crippen molar-refractivity contribution in [3.05, 3.63) is 18.7 Å². The Balaban J connectivity index is 2.06. The Bertz CT molecular complexity index is 349. The molecule has 1 atom stereocenters. The van der Waals surface area contributed by atoms with Crippen molar-refractivity contribution >= 4 is 5.97 Å². The van der Waals surface area contributed by atoms with Gasteiger partial charge in [-0.25, -0.2) is 9.78 Å². The summed E-state index contributed by atoms with van der Waals surface area (Å²) < 4.78 is 1.69. The number of hydrogen-bond acceptors (Lipinski definition) is 2. The molecule has 1 aromatic heterocycles. The SMILES string of the molecule is CCCCCCCCCCCC(C(=O)O)n1ccnc1. The first-order valence-corrected chi connectivity index (χ1v) is 7.96. The van der Waals surface area contributed by atoms with Gasteiger partial charge in [0.25, 0.3) is 0 Å². The van der Waals surface area contributed by atoms with Crippen molar-refractivity contribution in [2.75, 3.05) is 0 Å². The van der Waals surface area contributed by atoms with Gasteiger partial charge in [0.1, 0.15) is 6.04 Å². The first kappa shape index (κ1) is 16.7. The topological polar surface area (TPSA) is 55.1 Å². The van der Waals surface area contributed by atoms with Gasteiger partial charge in [-0.3, -0.25) is 0 Å². The summed E-state index contributed by atoms with van der Waals surface area (Å²) in [5, 5.41) is 9.22. The molecule has 1 N–H and O–H groups in total. The summed E-state index contributed by atoms with van der Waals surface area (Å²) in [4.78, 5) is 15.1. The number of aromatic nitrogens is 2. The fraction of sp³-hybridized carbons (Fsp3) is 0.750. The molecule has 0 fully saturated rings. The standard InChI is InChI=1S/C16H28N2O2/c1-2-3-4-5-6-7-8-9-10-11-15(16(19)20)18-13-12-17-14-18/h12-15H,2-11H2,1H3,(H,19,20). The van der Waals surface area contributed by atoms with Crippen molar-refractivity contribution in [1.82, 2.24) is 9.55 Å². The Morgan fingerprint density at radius 1 is 1.10 bits per heavy atom. The minimum atomic E-state index is -0.762. The number of rotatable bonds is 12. The van der Waals surface area contributed by atoms with Crippen molar-refractivity contribution < 1.29 is 9.90 Å². The number of carboxylic acids is 1. The number of unbranched alkanes of at least 4 members (excludes halogenated alkanes) is 8. The van der Waals surface area contributed by atoms with Crippen molar-refractivity contribution in [2.24, 2.45) is 0 Å². The molecule has 0 saturated heterocycles. The van der Waals surface area contributed by atoms with Crippen LogP contribution in [0.15, 0.2) is 18.7 Å². The van der Waals surface area contributed by atoms with Crippen molar-refractivity contribution in [1.29, 1.82) is 0 Å². The summed E-state index contributed by atoms with van der Waals surface area (Å²) in [6, 6.07) is -0.456. The fourth-order valence-corrected chi connectivity index (χ4v) is 2.50. The molecule has 4 heteroatoms. The van der Waals surface area contributed by atoms with E-state index in [0.29, 0.717) is 6.42 Å². The van der Waals surface area contributed by atoms with Crippen LogP contribution in [0.4, 0.5) is 0 Å². The summed E-state index contributed by atoms with van der Waals surface area (Å²) in [6.07, 6.45) is 16.9. The largest absolute Gasteiger partial charge is 0.480 e. The third kappa shape index (κ3) is 6.73. The van der Waals surface area contributed by atoms with Gasteiger partial charge in [0.2, 0.25) is 0 Å². The highest BCUT2D eigenvalue weighted by Gasteiger charge is 2.17. The molecule has 20 heavy (non-hydrogen) atoms. The molecule has 0 saturated carbocycles. The van der Waals surface area contributed by atoms with Gasteiger partial charge < -0.3 is 9.67 Å². The number of carbonyl (C=O) groups is 1. The lowest BCUT2D eigenvalue weighted by Gasteiger charge is -2.13. The van der Waals surface area contributed by atoms with Crippen LogP contribution in [-0.2, 0) is 4.79 Å². The zero-order valence-corrected chi connectivity index (χ0v) is 12.6. The lowest BCUT2D eigenvalue weighted by molar-refractivity contribution is -0.141. The van der Waals surface area contributed by atoms with Gasteiger partial charge in [0.15, 0.2) is 0 Å². The summed E-state index contributed by atoms with van der Waals surface area (Å²) in [6.45, 7) is 2.24. The Morgan fingerprint density at radius 3 is 2.20 bits per heavy atom. The summed E-state index contributed by atoms with van der Waals surface area (Å²) in [5.41, 5.74) is 0. The average molecular weight is 280 g/mol. The average Bonchev–Trinajstić information content (AvgIpc) is 2.94. The molecule has 0 aliphatic carbocycles. The van der Waals surface area contributed by atoms with E-state index < -0.39 is 12.0 Å². The second kappa shape index (κ2) is 10.5. The van der Waals surface area contributed by atoms with Crippen molar-refractivity contribution in [2.45, 2.75) is 77.2 Å². The molecule has 0 aliphatic heterocycles. The maximum Gasteiger partial charge on any atom is 0.326 e. The second-order valence-electron chi connectivity index (χ2n) is 5.48. The van der Waals surface area contributed by atoms with E-state index in [2.05, 4.69) is 11.9 Å². The number of carboxylic acid groups (broad SMARTS) is 1. The molecule has 0 radical (unpaired) electrons. The molecule has 1 unspecified atom stereocenters. The summed E-state index contributed by atoms with van der Waals surface area (Å²) in [5.74, 6) is -0.762. The fourth-order valence-electron chi connectivity index (χ4n) is 2.50. The highest BCUT2D eigenvalue weighted by molar-refractivity contribution is 5.71. The quantitative estimate of drug-likeness (QED) is 0.576. The smallest absolute Gasteiger partial charge is 0.326 e. The van der Waals surface area contributed by atoms with Crippen molar-refractivity contribution in [3.63, 3.8) is 0 Å². The van der Waals surface area contributed by atoms with E-state index in [1.807, 2.05) is 0 Å². The van der Waals surface area contributed by atoms with Gasteiger partial charge >= 0.3 is 5.97 Å². The monoisotopic (exact) mass is 280 g/mol. The predicted octanol–water partition coefficient (Wildman–Crippen LogP) is 4.43. The van der Waals surface area contributed by atoms with E-state index in [0.717, 1.165) is 12.8 Å². The van der Waals surface area contributed by atoms with E-state index in [1.165, 1.54) is 44.9 Å². The van der Waals surface area contributed by atoms with Gasteiger partial charge in [0.05, 0.1) is 6.33 Å². The first-order chi connectivity index (χ1) is 9.75. The molecular weight excluding hydrogens is 252 g/mol. The Labute approximate surface area is 122 Å². The van der Waals surface area contributed by atoms with Crippen LogP contribution in [-0.4, -0.2) is 20.6 Å². The molecular formula is C16H28N2O2. The highest BCUT2D eigenvalue weighted by atomic mass is 16.4. The van der Waals surface area contributed by atoms with E-state index >= 15 is 0 Å². The Morgan fingerprint density at radius 2 is 1.70 bits per heavy atom. The van der Waals surface area contributed by atoms with E-state index in [1.54, 1.807) is 23.3 Å². The maximum atomic E-state index is 11.2. The van der Waals surface area contributed by atoms with E-state index in [9.17, 15) is 9.90 Å². The van der Waals surface area contributed by atoms with Crippen LogP contribution in [0.25, 0.3) is 0 Å². The van der Waals surface area contributed by atoms with Crippen LogP contribution < -0.4 is 0 Å². The lowest BCUT2D eigenvalue weighted by Crippen LogP contribution is -2.17. The molecule has 114 valence electrons. The second-order valence-corrected chi connectivity index (χ2v) is 5.48. The van der Waals surface area contributed by atoms with E-state index in [-0.39, 0.29) is 0 Å². The minimum absolute atomic E-state index is 0.456. The molecule has 0 aliphatic rings. The van der Waals surface area contributed by atoms with Crippen molar-refractivity contribution in [3.8, 4) is 0 Å². The van der Waals surface area contributed by atoms with Gasteiger partial charge in [0, 0.05) is 12.4 Å². The molecule has 0 amide bonds. The Kier molecular flexibility index (Phi) is 8.76. The van der Waals surface area contributed by atoms with Gasteiger partial charge in [-0.15, -0.1) is 0 Å². The zero-order chi connectivity index (χ0) is 14.6. The third-order valence-corrected chi connectivity index (χ3v) is 3.75. The van der Waals surface area contributed by atoms with Crippen LogP contribution in [0.2, 0.25) is 0 Å². The molecule has 1 rings (SSSR count). The molecule has 1 aromatic rings. The van der Waals surface area contributed by atoms with Crippen LogP contribution in [0, 0.1) is 0 Å². The third-order valence-electron chi connectivity index (χ3n) is 3.75. The number of nitrogens with zero attached hydrogens (tertiary/aromatic N) is 2. The van der Waals surface area contributed by atoms with E-state index in [4.69, 9.17) is 0 Å². The predicted molar refractivity (Wildman–Crippen MR) is 80.7 cm³/mol. The normalized spacial score (nSPS) is 12.4. The molecule has 4 nitrogen and oxygen atoms in total. The van der Waals surface area contributed by atoms with Gasteiger partial charge in [-0.05, 0) is 6.42 Å². The maximum absolute atomic E-state index is 11.2. The lowest BCUT2D eigenvalue weighted by atomic mass is 10.0. The number of imidazole rings is 1. The summed E-state index contributed by atoms with van der Waals surface area (Å²) in [7, 11) is 0. The molecule has 1 heterocycles. The number of aliphatic carboxylic acids is 1. The minimum Gasteiger partial charge on any atom is -0.480 e. The van der Waals surface area contributed by atoms with Crippen LogP contribution >= 0.6 is 0 Å². The van der Waals surface area contributed by atoms with Gasteiger partial charge in [-0.2, -0.15) is 0 Å². The molecule has 0 spiro atoms. The highest BCUT2D eigenvalue weighted by Crippen LogP contribution is 2.17. The Hall–Kier alpha value is -1.32. The first-order valence-electron chi connectivity index (χ1n) is 7.96. The zero-order valence-electron chi connectivity index (χ0n) is 12.6. The van der Waals surface area contributed by atoms with Crippen LogP contribution in [0.1, 0.15) is 77.2 Å². The molecule has 0 bridgehead atoms. The summed E-state index contributed by atoms with van der Waals surface area (Å²) >= 11 is 0. The number of hydrogen-bond donors (Lipinski definition) is 1. The van der Waals surface area contributed by atoms with Crippen LogP contribution in [0.5, 0.6) is 0 Å².